The maximum atomic E-state index is 9.90. The van der Waals surface area contributed by atoms with E-state index in [-0.39, 0.29) is 6.10 Å². The van der Waals surface area contributed by atoms with Gasteiger partial charge in [0.15, 0.2) is 0 Å². The third-order valence-electron chi connectivity index (χ3n) is 2.65. The van der Waals surface area contributed by atoms with Gasteiger partial charge in [-0.15, -0.1) is 0 Å². The van der Waals surface area contributed by atoms with Crippen LogP contribution in [0.4, 0.5) is 0 Å². The monoisotopic (exact) mass is 255 g/mol. The van der Waals surface area contributed by atoms with Crippen LogP contribution in [0.3, 0.4) is 0 Å². The fraction of sp³-hybridized carbons (Fsp3) is 0.455. The molecule has 0 spiro atoms. The highest BCUT2D eigenvalue weighted by molar-refractivity contribution is 9.10. The van der Waals surface area contributed by atoms with Gasteiger partial charge in [-0.1, -0.05) is 22.0 Å². The molecule has 2 rings (SSSR count). The predicted octanol–water partition coefficient (Wildman–Crippen LogP) is 2.02. The van der Waals surface area contributed by atoms with Gasteiger partial charge in [0.1, 0.15) is 0 Å². The van der Waals surface area contributed by atoms with E-state index < -0.39 is 0 Å². The summed E-state index contributed by atoms with van der Waals surface area (Å²) < 4.78 is 1.03. The van der Waals surface area contributed by atoms with E-state index in [2.05, 4.69) is 34.2 Å². The summed E-state index contributed by atoms with van der Waals surface area (Å²) in [6.07, 6.45) is 0.604. The molecule has 1 aliphatic heterocycles. The van der Waals surface area contributed by atoms with Gasteiger partial charge in [-0.2, -0.15) is 0 Å². The molecular formula is C11H14BrNO. The largest absolute Gasteiger partial charge is 0.387 e. The Labute approximate surface area is 92.5 Å². The molecule has 0 radical (unpaired) electrons. The lowest BCUT2D eigenvalue weighted by atomic mass is 10.00. The summed E-state index contributed by atoms with van der Waals surface area (Å²) in [6.45, 7) is 2.79. The van der Waals surface area contributed by atoms with Crippen LogP contribution in [0.1, 0.15) is 24.2 Å². The number of aliphatic hydroxyl groups excluding tert-OH is 1. The van der Waals surface area contributed by atoms with Gasteiger partial charge in [-0.05, 0) is 36.6 Å². The Bertz CT molecular complexity index is 340. The Hall–Kier alpha value is -0.380. The first-order valence-corrected chi connectivity index (χ1v) is 5.66. The van der Waals surface area contributed by atoms with Crippen LogP contribution in [0.2, 0.25) is 0 Å². The highest BCUT2D eigenvalue weighted by Crippen LogP contribution is 2.25. The van der Waals surface area contributed by atoms with Crippen molar-refractivity contribution in [1.82, 2.24) is 5.32 Å². The first-order chi connectivity index (χ1) is 6.66. The Morgan fingerprint density at radius 2 is 2.29 bits per heavy atom. The van der Waals surface area contributed by atoms with Crippen LogP contribution in [0.15, 0.2) is 22.7 Å². The lowest BCUT2D eigenvalue weighted by Gasteiger charge is -2.11. The molecule has 0 saturated carbocycles. The van der Waals surface area contributed by atoms with Gasteiger partial charge >= 0.3 is 0 Å². The second-order valence-electron chi connectivity index (χ2n) is 3.87. The molecule has 2 atom stereocenters. The summed E-state index contributed by atoms with van der Waals surface area (Å²) in [6, 6.07) is 6.57. The summed E-state index contributed by atoms with van der Waals surface area (Å²) in [5, 5.41) is 13.2. The van der Waals surface area contributed by atoms with Gasteiger partial charge in [0, 0.05) is 17.1 Å². The Balaban J connectivity index is 2.42. The van der Waals surface area contributed by atoms with E-state index in [4.69, 9.17) is 0 Å². The Kier molecular flexibility index (Phi) is 2.91. The van der Waals surface area contributed by atoms with E-state index in [0.29, 0.717) is 12.6 Å². The highest BCUT2D eigenvalue weighted by Gasteiger charge is 2.19. The molecular weight excluding hydrogens is 242 g/mol. The molecule has 3 heteroatoms. The summed E-state index contributed by atoms with van der Waals surface area (Å²) in [5.41, 5.74) is 2.30. The van der Waals surface area contributed by atoms with Crippen LogP contribution in [0, 0.1) is 0 Å². The molecule has 1 aromatic rings. The zero-order chi connectivity index (χ0) is 10.1. The van der Waals surface area contributed by atoms with Crippen molar-refractivity contribution in [3.8, 4) is 0 Å². The van der Waals surface area contributed by atoms with Crippen molar-refractivity contribution < 1.29 is 5.11 Å². The number of nitrogens with one attached hydrogen (secondary N) is 1. The number of fused-ring (bicyclic) bond motifs is 1. The average molecular weight is 256 g/mol. The lowest BCUT2D eigenvalue weighted by Crippen LogP contribution is -2.28. The van der Waals surface area contributed by atoms with Crippen LogP contribution in [0.5, 0.6) is 0 Å². The summed E-state index contributed by atoms with van der Waals surface area (Å²) in [4.78, 5) is 0. The SMILES string of the molecule is CC1Cc2ccc(Br)cc2C(O)CN1. The summed E-state index contributed by atoms with van der Waals surface area (Å²) in [7, 11) is 0. The third-order valence-corrected chi connectivity index (χ3v) is 3.15. The van der Waals surface area contributed by atoms with Gasteiger partial charge in [0.05, 0.1) is 6.10 Å². The van der Waals surface area contributed by atoms with Gasteiger partial charge in [0.25, 0.3) is 0 Å². The number of hydrogen-bond donors (Lipinski definition) is 2. The van der Waals surface area contributed by atoms with Crippen molar-refractivity contribution in [2.45, 2.75) is 25.5 Å². The maximum Gasteiger partial charge on any atom is 0.0917 e. The molecule has 2 nitrogen and oxygen atoms in total. The molecule has 0 fully saturated rings. The minimum absolute atomic E-state index is 0.382. The van der Waals surface area contributed by atoms with Crippen LogP contribution in [-0.4, -0.2) is 17.7 Å². The Morgan fingerprint density at radius 3 is 3.07 bits per heavy atom. The summed E-state index contributed by atoms with van der Waals surface area (Å²) in [5.74, 6) is 0. The topological polar surface area (TPSA) is 32.3 Å². The van der Waals surface area contributed by atoms with Crippen molar-refractivity contribution in [1.29, 1.82) is 0 Å². The number of hydrogen-bond acceptors (Lipinski definition) is 2. The van der Waals surface area contributed by atoms with Crippen LogP contribution in [0.25, 0.3) is 0 Å². The van der Waals surface area contributed by atoms with Crippen molar-refractivity contribution in [3.05, 3.63) is 33.8 Å². The fourth-order valence-corrected chi connectivity index (χ4v) is 2.27. The third kappa shape index (κ3) is 2.00. The zero-order valence-corrected chi connectivity index (χ0v) is 9.71. The molecule has 76 valence electrons. The predicted molar refractivity (Wildman–Crippen MR) is 60.3 cm³/mol. The zero-order valence-electron chi connectivity index (χ0n) is 8.13. The standard InChI is InChI=1S/C11H14BrNO/c1-7-4-8-2-3-9(12)5-10(8)11(14)6-13-7/h2-3,5,7,11,13-14H,4,6H2,1H3. The molecule has 1 heterocycles. The molecule has 2 unspecified atom stereocenters. The van der Waals surface area contributed by atoms with E-state index in [1.54, 1.807) is 0 Å². The van der Waals surface area contributed by atoms with Gasteiger partial charge in [0.2, 0.25) is 0 Å². The van der Waals surface area contributed by atoms with E-state index in [0.717, 1.165) is 16.5 Å². The van der Waals surface area contributed by atoms with E-state index >= 15 is 0 Å². The van der Waals surface area contributed by atoms with Gasteiger partial charge in [-0.25, -0.2) is 0 Å². The number of rotatable bonds is 0. The smallest absolute Gasteiger partial charge is 0.0917 e. The quantitative estimate of drug-likeness (QED) is 0.744. The van der Waals surface area contributed by atoms with Crippen molar-refractivity contribution in [2.75, 3.05) is 6.54 Å². The molecule has 0 aromatic heterocycles. The van der Waals surface area contributed by atoms with Crippen LogP contribution in [-0.2, 0) is 6.42 Å². The molecule has 0 saturated heterocycles. The molecule has 0 amide bonds. The summed E-state index contributed by atoms with van der Waals surface area (Å²) >= 11 is 3.43. The molecule has 2 N–H and O–H groups in total. The highest BCUT2D eigenvalue weighted by atomic mass is 79.9. The number of aliphatic hydroxyl groups is 1. The van der Waals surface area contributed by atoms with Crippen LogP contribution < -0.4 is 5.32 Å². The maximum absolute atomic E-state index is 9.90. The van der Waals surface area contributed by atoms with E-state index in [1.165, 1.54) is 5.56 Å². The first-order valence-electron chi connectivity index (χ1n) is 4.86. The first kappa shape index (κ1) is 10.1. The normalized spacial score (nSPS) is 26.8. The number of benzene rings is 1. The number of halogens is 1. The Morgan fingerprint density at radius 1 is 1.50 bits per heavy atom. The minimum atomic E-state index is -0.382. The van der Waals surface area contributed by atoms with Gasteiger partial charge < -0.3 is 10.4 Å². The minimum Gasteiger partial charge on any atom is -0.387 e. The molecule has 0 bridgehead atoms. The average Bonchev–Trinajstić information content (AvgIpc) is 2.29. The van der Waals surface area contributed by atoms with Crippen molar-refractivity contribution >= 4 is 15.9 Å². The molecule has 0 aliphatic carbocycles. The van der Waals surface area contributed by atoms with E-state index in [1.807, 2.05) is 12.1 Å². The lowest BCUT2D eigenvalue weighted by molar-refractivity contribution is 0.175. The van der Waals surface area contributed by atoms with Crippen molar-refractivity contribution in [3.63, 3.8) is 0 Å². The van der Waals surface area contributed by atoms with Crippen LogP contribution >= 0.6 is 15.9 Å². The number of β-amino-alcohol motifs (C(OH)–C–C–N with tert-alkyl or cyclic N) is 1. The molecule has 1 aromatic carbocycles. The van der Waals surface area contributed by atoms with Crippen molar-refractivity contribution in [2.24, 2.45) is 0 Å². The second kappa shape index (κ2) is 4.01. The van der Waals surface area contributed by atoms with E-state index in [9.17, 15) is 5.11 Å². The van der Waals surface area contributed by atoms with Gasteiger partial charge in [-0.3, -0.25) is 0 Å². The molecule has 1 aliphatic rings. The second-order valence-corrected chi connectivity index (χ2v) is 4.79. The fourth-order valence-electron chi connectivity index (χ4n) is 1.89. The molecule has 14 heavy (non-hydrogen) atoms.